The topological polar surface area (TPSA) is 66.0 Å². The molecule has 3 heterocycles. The van der Waals surface area contributed by atoms with Crippen molar-refractivity contribution in [2.24, 2.45) is 5.92 Å². The zero-order chi connectivity index (χ0) is 20.2. The highest BCUT2D eigenvalue weighted by molar-refractivity contribution is 7.98. The third-order valence-electron chi connectivity index (χ3n) is 4.24. The van der Waals surface area contributed by atoms with Gasteiger partial charge in [0.25, 0.3) is 0 Å². The first-order valence-electron chi connectivity index (χ1n) is 9.33. The van der Waals surface area contributed by atoms with E-state index in [0.717, 1.165) is 51.1 Å². The van der Waals surface area contributed by atoms with Crippen LogP contribution in [-0.2, 0) is 12.3 Å². The second-order valence-electron chi connectivity index (χ2n) is 6.92. The van der Waals surface area contributed by atoms with Crippen LogP contribution in [0.5, 0.6) is 5.75 Å². The van der Waals surface area contributed by atoms with Gasteiger partial charge in [0, 0.05) is 17.7 Å². The number of hydrogen-bond acceptors (Lipinski definition) is 7. The summed E-state index contributed by atoms with van der Waals surface area (Å²) in [6.07, 6.45) is 1.66. The number of rotatable bonds is 8. The van der Waals surface area contributed by atoms with Crippen LogP contribution in [0, 0.1) is 5.92 Å². The summed E-state index contributed by atoms with van der Waals surface area (Å²) in [5.41, 5.74) is 2.03. The molecule has 8 heteroatoms. The number of methoxy groups -OCH3 is 1. The van der Waals surface area contributed by atoms with Gasteiger partial charge < -0.3 is 9.15 Å². The molecule has 0 fully saturated rings. The van der Waals surface area contributed by atoms with Gasteiger partial charge in [0.15, 0.2) is 16.7 Å². The molecule has 0 bridgehead atoms. The highest BCUT2D eigenvalue weighted by Gasteiger charge is 2.18. The van der Waals surface area contributed by atoms with Gasteiger partial charge in [-0.25, -0.2) is 4.98 Å². The summed E-state index contributed by atoms with van der Waals surface area (Å²) in [6.45, 7) is 5.19. The van der Waals surface area contributed by atoms with Gasteiger partial charge in [-0.2, -0.15) is 0 Å². The second-order valence-corrected chi connectivity index (χ2v) is 8.72. The van der Waals surface area contributed by atoms with Crippen molar-refractivity contribution < 1.29 is 9.15 Å². The average Bonchev–Trinajstić information content (AvgIpc) is 3.47. The molecular formula is C21H22N4O2S2. The summed E-state index contributed by atoms with van der Waals surface area (Å²) in [7, 11) is 1.68. The van der Waals surface area contributed by atoms with E-state index in [1.165, 1.54) is 0 Å². The van der Waals surface area contributed by atoms with E-state index in [0.29, 0.717) is 5.92 Å². The van der Waals surface area contributed by atoms with Gasteiger partial charge in [-0.1, -0.05) is 37.7 Å². The maximum absolute atomic E-state index is 5.54. The SMILES string of the molecule is COc1ccccc1-c1nc(CSc2nnc(-c3ccco3)n2CC(C)C)cs1. The normalized spacial score (nSPS) is 11.3. The highest BCUT2D eigenvalue weighted by atomic mass is 32.2. The van der Waals surface area contributed by atoms with E-state index < -0.39 is 0 Å². The Morgan fingerprint density at radius 2 is 2.03 bits per heavy atom. The highest BCUT2D eigenvalue weighted by Crippen LogP contribution is 2.33. The van der Waals surface area contributed by atoms with Crippen molar-refractivity contribution in [2.45, 2.75) is 31.3 Å². The number of ether oxygens (including phenoxy) is 1. The van der Waals surface area contributed by atoms with E-state index in [2.05, 4.69) is 34.0 Å². The summed E-state index contributed by atoms with van der Waals surface area (Å²) in [5, 5.41) is 12.7. The zero-order valence-electron chi connectivity index (χ0n) is 16.5. The molecule has 4 rings (SSSR count). The first kappa shape index (κ1) is 19.7. The molecule has 0 saturated carbocycles. The molecular weight excluding hydrogens is 404 g/mol. The molecule has 0 aliphatic rings. The monoisotopic (exact) mass is 426 g/mol. The smallest absolute Gasteiger partial charge is 0.200 e. The van der Waals surface area contributed by atoms with Crippen molar-refractivity contribution in [3.8, 4) is 27.9 Å². The fraction of sp³-hybridized carbons (Fsp3) is 0.286. The molecule has 0 aliphatic heterocycles. The number of thioether (sulfide) groups is 1. The molecule has 0 atom stereocenters. The van der Waals surface area contributed by atoms with E-state index in [-0.39, 0.29) is 0 Å². The standard InChI is InChI=1S/C21H22N4O2S2/c1-14(2)11-25-19(18-9-6-10-27-18)23-24-21(25)29-13-15-12-28-20(22-15)16-7-4-5-8-17(16)26-3/h4-10,12,14H,11,13H2,1-3H3. The van der Waals surface area contributed by atoms with Crippen LogP contribution in [0.1, 0.15) is 19.5 Å². The Bertz CT molecular complexity index is 1070. The largest absolute Gasteiger partial charge is 0.496 e. The fourth-order valence-electron chi connectivity index (χ4n) is 2.97. The number of nitrogens with zero attached hydrogens (tertiary/aromatic N) is 4. The maximum atomic E-state index is 5.54. The molecule has 0 saturated heterocycles. The van der Waals surface area contributed by atoms with Crippen molar-refractivity contribution in [1.29, 1.82) is 0 Å². The quantitative estimate of drug-likeness (QED) is 0.341. The summed E-state index contributed by atoms with van der Waals surface area (Å²) in [6, 6.07) is 11.7. The Balaban J connectivity index is 1.53. The minimum Gasteiger partial charge on any atom is -0.496 e. The average molecular weight is 427 g/mol. The lowest BCUT2D eigenvalue weighted by Gasteiger charge is -2.11. The molecule has 29 heavy (non-hydrogen) atoms. The van der Waals surface area contributed by atoms with Gasteiger partial charge in [-0.15, -0.1) is 21.5 Å². The Hall–Kier alpha value is -2.58. The summed E-state index contributed by atoms with van der Waals surface area (Å²) in [5.74, 6) is 3.52. The van der Waals surface area contributed by atoms with Crippen molar-refractivity contribution in [3.63, 3.8) is 0 Å². The van der Waals surface area contributed by atoms with Crippen LogP contribution < -0.4 is 4.74 Å². The number of benzene rings is 1. The molecule has 0 N–H and O–H groups in total. The first-order chi connectivity index (χ1) is 14.2. The van der Waals surface area contributed by atoms with Crippen LogP contribution in [0.25, 0.3) is 22.2 Å². The van der Waals surface area contributed by atoms with Crippen LogP contribution in [0.15, 0.2) is 57.6 Å². The van der Waals surface area contributed by atoms with E-state index in [1.54, 1.807) is 36.5 Å². The Morgan fingerprint density at radius 3 is 2.79 bits per heavy atom. The number of furan rings is 1. The molecule has 150 valence electrons. The third-order valence-corrected chi connectivity index (χ3v) is 6.17. The Kier molecular flexibility index (Phi) is 6.01. The van der Waals surface area contributed by atoms with Crippen LogP contribution >= 0.6 is 23.1 Å². The van der Waals surface area contributed by atoms with Gasteiger partial charge in [0.1, 0.15) is 10.8 Å². The minimum absolute atomic E-state index is 0.468. The second kappa shape index (κ2) is 8.84. The number of hydrogen-bond donors (Lipinski definition) is 0. The molecule has 0 unspecified atom stereocenters. The lowest BCUT2D eigenvalue weighted by atomic mass is 10.2. The molecule has 3 aromatic heterocycles. The predicted molar refractivity (Wildman–Crippen MR) is 116 cm³/mol. The minimum atomic E-state index is 0.468. The number of aromatic nitrogens is 4. The lowest BCUT2D eigenvalue weighted by Crippen LogP contribution is -2.07. The number of thiazole rings is 1. The molecule has 1 aromatic carbocycles. The zero-order valence-corrected chi connectivity index (χ0v) is 18.2. The Labute approximate surface area is 178 Å². The van der Waals surface area contributed by atoms with E-state index in [9.17, 15) is 0 Å². The predicted octanol–water partition coefficient (Wildman–Crippen LogP) is 5.62. The van der Waals surface area contributed by atoms with E-state index >= 15 is 0 Å². The lowest BCUT2D eigenvalue weighted by molar-refractivity contribution is 0.416. The maximum Gasteiger partial charge on any atom is 0.200 e. The van der Waals surface area contributed by atoms with Gasteiger partial charge in [-0.3, -0.25) is 4.57 Å². The van der Waals surface area contributed by atoms with Crippen LogP contribution in [0.3, 0.4) is 0 Å². The molecule has 0 aliphatic carbocycles. The first-order valence-corrected chi connectivity index (χ1v) is 11.2. The van der Waals surface area contributed by atoms with Gasteiger partial charge in [-0.05, 0) is 30.2 Å². The van der Waals surface area contributed by atoms with Crippen molar-refractivity contribution in [3.05, 3.63) is 53.7 Å². The van der Waals surface area contributed by atoms with Crippen LogP contribution in [-0.4, -0.2) is 26.9 Å². The number of para-hydroxylation sites is 1. The Morgan fingerprint density at radius 1 is 1.17 bits per heavy atom. The fourth-order valence-corrected chi connectivity index (χ4v) is 4.77. The molecule has 4 aromatic rings. The van der Waals surface area contributed by atoms with Crippen molar-refractivity contribution in [1.82, 2.24) is 19.7 Å². The summed E-state index contributed by atoms with van der Waals surface area (Å²) in [4.78, 5) is 4.79. The van der Waals surface area contributed by atoms with Gasteiger partial charge in [0.2, 0.25) is 0 Å². The van der Waals surface area contributed by atoms with E-state index in [1.807, 2.05) is 36.4 Å². The van der Waals surface area contributed by atoms with Gasteiger partial charge in [0.05, 0.1) is 24.6 Å². The molecule has 6 nitrogen and oxygen atoms in total. The molecule has 0 spiro atoms. The van der Waals surface area contributed by atoms with Crippen molar-refractivity contribution >= 4 is 23.1 Å². The molecule has 0 radical (unpaired) electrons. The summed E-state index contributed by atoms with van der Waals surface area (Å²) >= 11 is 3.26. The third kappa shape index (κ3) is 4.38. The summed E-state index contributed by atoms with van der Waals surface area (Å²) < 4.78 is 13.1. The van der Waals surface area contributed by atoms with Crippen LogP contribution in [0.4, 0.5) is 0 Å². The van der Waals surface area contributed by atoms with Crippen LogP contribution in [0.2, 0.25) is 0 Å². The van der Waals surface area contributed by atoms with Gasteiger partial charge >= 0.3 is 0 Å². The molecule has 0 amide bonds. The van der Waals surface area contributed by atoms with Crippen molar-refractivity contribution in [2.75, 3.05) is 7.11 Å². The van der Waals surface area contributed by atoms with E-state index in [4.69, 9.17) is 14.1 Å².